The second-order valence-corrected chi connectivity index (χ2v) is 9.69. The molecule has 7 heteroatoms. The highest BCUT2D eigenvalue weighted by Crippen LogP contribution is 2.25. The highest BCUT2D eigenvalue weighted by atomic mass is 19.1. The first-order chi connectivity index (χ1) is 16.9. The number of likely N-dealkylation sites (tertiary alicyclic amines) is 2. The summed E-state index contributed by atoms with van der Waals surface area (Å²) in [4.78, 5) is 43.8. The maximum absolute atomic E-state index is 13.3. The molecule has 0 bridgehead atoms. The molecule has 2 fully saturated rings. The third-order valence-electron chi connectivity index (χ3n) is 7.22. The Morgan fingerprint density at radius 3 is 2.29 bits per heavy atom. The molecule has 35 heavy (non-hydrogen) atoms. The molecule has 2 heterocycles. The van der Waals surface area contributed by atoms with Crippen molar-refractivity contribution < 1.29 is 18.8 Å². The van der Waals surface area contributed by atoms with Crippen LogP contribution >= 0.6 is 0 Å². The predicted octanol–water partition coefficient (Wildman–Crippen LogP) is 4.01. The van der Waals surface area contributed by atoms with E-state index < -0.39 is 0 Å². The fourth-order valence-corrected chi connectivity index (χ4v) is 5.10. The van der Waals surface area contributed by atoms with Crippen LogP contribution in [0.3, 0.4) is 0 Å². The number of carbonyl (C=O) groups is 3. The first-order valence-corrected chi connectivity index (χ1v) is 12.5. The zero-order chi connectivity index (χ0) is 24.8. The number of unbranched alkanes of at least 4 members (excludes halogenated alkanes) is 1. The van der Waals surface area contributed by atoms with E-state index in [-0.39, 0.29) is 41.7 Å². The quantitative estimate of drug-likeness (QED) is 0.403. The minimum absolute atomic E-state index is 0.00448. The molecule has 186 valence electrons. The fraction of sp³-hybridized carbons (Fsp3) is 0.464. The minimum Gasteiger partial charge on any atom is -0.345 e. The van der Waals surface area contributed by atoms with Crippen LogP contribution in [0.2, 0.25) is 0 Å². The second kappa shape index (κ2) is 11.6. The first-order valence-electron chi connectivity index (χ1n) is 12.5. The van der Waals surface area contributed by atoms with E-state index in [4.69, 9.17) is 0 Å². The van der Waals surface area contributed by atoms with E-state index in [1.807, 2.05) is 35.2 Å². The predicted molar refractivity (Wildman–Crippen MR) is 134 cm³/mol. The SMILES string of the molecule is CN1CC(C(=O)N(CCCCN2CCC(C(=O)c3ccc(F)cc3)CC2)c2ccccc2)CC1=O. The Morgan fingerprint density at radius 1 is 0.971 bits per heavy atom. The summed E-state index contributed by atoms with van der Waals surface area (Å²) in [6.07, 6.45) is 3.73. The molecule has 2 saturated heterocycles. The van der Waals surface area contributed by atoms with Gasteiger partial charge in [-0.3, -0.25) is 14.4 Å². The molecule has 2 amide bonds. The van der Waals surface area contributed by atoms with E-state index in [0.717, 1.165) is 51.0 Å². The van der Waals surface area contributed by atoms with Crippen molar-refractivity contribution in [2.45, 2.75) is 32.1 Å². The molecule has 0 aliphatic carbocycles. The molecule has 0 saturated carbocycles. The van der Waals surface area contributed by atoms with Crippen molar-refractivity contribution in [2.75, 3.05) is 44.7 Å². The van der Waals surface area contributed by atoms with E-state index >= 15 is 0 Å². The average Bonchev–Trinajstić information content (AvgIpc) is 3.22. The van der Waals surface area contributed by atoms with Gasteiger partial charge in [0.15, 0.2) is 5.78 Å². The van der Waals surface area contributed by atoms with Crippen LogP contribution in [0.15, 0.2) is 54.6 Å². The number of benzene rings is 2. The van der Waals surface area contributed by atoms with Crippen molar-refractivity contribution >= 4 is 23.3 Å². The van der Waals surface area contributed by atoms with Crippen LogP contribution in [0.25, 0.3) is 0 Å². The van der Waals surface area contributed by atoms with E-state index in [1.165, 1.54) is 12.1 Å². The summed E-state index contributed by atoms with van der Waals surface area (Å²) in [5.74, 6) is -0.460. The van der Waals surface area contributed by atoms with Gasteiger partial charge < -0.3 is 14.7 Å². The van der Waals surface area contributed by atoms with Gasteiger partial charge in [-0.05, 0) is 81.7 Å². The standard InChI is InChI=1S/C28H34FN3O3/c1-30-20-23(19-26(30)33)28(35)32(25-7-3-2-4-8-25)16-6-5-15-31-17-13-22(14-18-31)27(34)21-9-11-24(29)12-10-21/h2-4,7-12,22-23H,5-6,13-20H2,1H3. The van der Waals surface area contributed by atoms with Gasteiger partial charge in [0, 0.05) is 43.7 Å². The zero-order valence-electron chi connectivity index (χ0n) is 20.4. The largest absolute Gasteiger partial charge is 0.345 e. The van der Waals surface area contributed by atoms with Crippen LogP contribution in [-0.2, 0) is 9.59 Å². The Morgan fingerprint density at radius 2 is 1.66 bits per heavy atom. The van der Waals surface area contributed by atoms with Crippen LogP contribution in [0.1, 0.15) is 42.5 Å². The Labute approximate surface area is 206 Å². The lowest BCUT2D eigenvalue weighted by molar-refractivity contribution is -0.127. The van der Waals surface area contributed by atoms with Crippen LogP contribution in [0.5, 0.6) is 0 Å². The number of hydrogen-bond acceptors (Lipinski definition) is 4. The average molecular weight is 480 g/mol. The molecular formula is C28H34FN3O3. The molecule has 2 aliphatic rings. The number of rotatable bonds is 9. The fourth-order valence-electron chi connectivity index (χ4n) is 5.10. The number of ketones is 1. The summed E-state index contributed by atoms with van der Waals surface area (Å²) in [6, 6.07) is 15.5. The molecular weight excluding hydrogens is 445 g/mol. The number of Topliss-reactive ketones (excluding diaryl/α,β-unsaturated/α-hetero) is 1. The molecule has 2 aromatic carbocycles. The zero-order valence-corrected chi connectivity index (χ0v) is 20.4. The number of nitrogens with zero attached hydrogens (tertiary/aromatic N) is 3. The van der Waals surface area contributed by atoms with Gasteiger partial charge in [-0.1, -0.05) is 18.2 Å². The van der Waals surface area contributed by atoms with Crippen molar-refractivity contribution in [3.8, 4) is 0 Å². The van der Waals surface area contributed by atoms with Crippen molar-refractivity contribution in [2.24, 2.45) is 11.8 Å². The number of halogens is 1. The Bertz CT molecular complexity index is 1020. The third-order valence-corrected chi connectivity index (χ3v) is 7.22. The molecule has 0 aromatic heterocycles. The summed E-state index contributed by atoms with van der Waals surface area (Å²) in [6.45, 7) is 3.77. The van der Waals surface area contributed by atoms with Crippen molar-refractivity contribution in [1.29, 1.82) is 0 Å². The Hall–Kier alpha value is -3.06. The lowest BCUT2D eigenvalue weighted by Crippen LogP contribution is -2.39. The number of para-hydroxylation sites is 1. The van der Waals surface area contributed by atoms with Gasteiger partial charge in [0.1, 0.15) is 5.82 Å². The van der Waals surface area contributed by atoms with Gasteiger partial charge in [-0.15, -0.1) is 0 Å². The first kappa shape index (κ1) is 25.0. The maximum atomic E-state index is 13.3. The smallest absolute Gasteiger partial charge is 0.232 e. The van der Waals surface area contributed by atoms with Crippen LogP contribution in [-0.4, -0.2) is 67.2 Å². The van der Waals surface area contributed by atoms with Gasteiger partial charge >= 0.3 is 0 Å². The lowest BCUT2D eigenvalue weighted by Gasteiger charge is -2.31. The van der Waals surface area contributed by atoms with Crippen LogP contribution in [0.4, 0.5) is 10.1 Å². The monoisotopic (exact) mass is 479 g/mol. The van der Waals surface area contributed by atoms with E-state index in [9.17, 15) is 18.8 Å². The van der Waals surface area contributed by atoms with Gasteiger partial charge in [0.05, 0.1) is 5.92 Å². The number of amides is 2. The normalized spacial score (nSPS) is 19.2. The molecule has 0 N–H and O–H groups in total. The maximum Gasteiger partial charge on any atom is 0.232 e. The summed E-state index contributed by atoms with van der Waals surface area (Å²) >= 11 is 0. The molecule has 2 aliphatic heterocycles. The molecule has 0 spiro atoms. The highest BCUT2D eigenvalue weighted by molar-refractivity contribution is 5.99. The summed E-state index contributed by atoms with van der Waals surface area (Å²) in [7, 11) is 1.75. The number of hydrogen-bond donors (Lipinski definition) is 0. The lowest BCUT2D eigenvalue weighted by atomic mass is 9.89. The topological polar surface area (TPSA) is 60.9 Å². The third kappa shape index (κ3) is 6.34. The molecule has 4 rings (SSSR count). The molecule has 1 unspecified atom stereocenters. The number of piperidine rings is 1. The molecule has 6 nitrogen and oxygen atoms in total. The minimum atomic E-state index is -0.326. The van der Waals surface area contributed by atoms with Crippen LogP contribution in [0, 0.1) is 17.7 Å². The van der Waals surface area contributed by atoms with Crippen LogP contribution < -0.4 is 4.90 Å². The Balaban J connectivity index is 1.24. The van der Waals surface area contributed by atoms with Crippen molar-refractivity contribution in [3.05, 3.63) is 66.0 Å². The van der Waals surface area contributed by atoms with Gasteiger partial charge in [0.25, 0.3) is 0 Å². The summed E-state index contributed by atoms with van der Waals surface area (Å²) in [5, 5.41) is 0. The summed E-state index contributed by atoms with van der Waals surface area (Å²) < 4.78 is 13.1. The molecule has 1 atom stereocenters. The second-order valence-electron chi connectivity index (χ2n) is 9.69. The Kier molecular flexibility index (Phi) is 8.29. The number of anilines is 1. The summed E-state index contributed by atoms with van der Waals surface area (Å²) in [5.41, 5.74) is 1.46. The highest BCUT2D eigenvalue weighted by Gasteiger charge is 2.35. The molecule has 2 aromatic rings. The van der Waals surface area contributed by atoms with Gasteiger partial charge in [0.2, 0.25) is 11.8 Å². The van der Waals surface area contributed by atoms with E-state index in [1.54, 1.807) is 24.1 Å². The van der Waals surface area contributed by atoms with Crippen molar-refractivity contribution in [3.63, 3.8) is 0 Å². The van der Waals surface area contributed by atoms with Gasteiger partial charge in [-0.2, -0.15) is 0 Å². The molecule has 0 radical (unpaired) electrons. The van der Waals surface area contributed by atoms with Crippen molar-refractivity contribution in [1.82, 2.24) is 9.80 Å². The van der Waals surface area contributed by atoms with E-state index in [0.29, 0.717) is 18.7 Å². The van der Waals surface area contributed by atoms with E-state index in [2.05, 4.69) is 4.90 Å². The van der Waals surface area contributed by atoms with Gasteiger partial charge in [-0.25, -0.2) is 4.39 Å². The number of carbonyl (C=O) groups excluding carboxylic acids is 3.